The van der Waals surface area contributed by atoms with Crippen molar-refractivity contribution in [3.05, 3.63) is 76.0 Å². The summed E-state index contributed by atoms with van der Waals surface area (Å²) in [6, 6.07) is 14.9. The Bertz CT molecular complexity index is 850. The highest BCUT2D eigenvalue weighted by Crippen LogP contribution is 2.25. The molecule has 0 aliphatic heterocycles. The first-order valence-electron chi connectivity index (χ1n) is 6.98. The van der Waals surface area contributed by atoms with Gasteiger partial charge in [0.05, 0.1) is 4.92 Å². The number of para-hydroxylation sites is 1. The molecule has 0 N–H and O–H groups in total. The number of rotatable bonds is 4. The lowest BCUT2D eigenvalue weighted by Gasteiger charge is -2.12. The maximum atomic E-state index is 12.2. The second-order valence-corrected chi connectivity index (χ2v) is 5.05. The number of nitro groups is 1. The lowest BCUT2D eigenvalue weighted by molar-refractivity contribution is -0.385. The largest absolute Gasteiger partial charge is 0.452 e. The van der Waals surface area contributed by atoms with Crippen LogP contribution in [0.15, 0.2) is 59.0 Å². The third-order valence-corrected chi connectivity index (χ3v) is 3.46. The van der Waals surface area contributed by atoms with Gasteiger partial charge in [-0.25, -0.2) is 4.79 Å². The van der Waals surface area contributed by atoms with E-state index in [-0.39, 0.29) is 11.4 Å². The first-order chi connectivity index (χ1) is 11.0. The quantitative estimate of drug-likeness (QED) is 0.408. The van der Waals surface area contributed by atoms with Gasteiger partial charge in [-0.15, -0.1) is 0 Å². The fourth-order valence-electron chi connectivity index (χ4n) is 2.26. The second kappa shape index (κ2) is 5.92. The molecule has 1 atom stereocenters. The molecule has 2 aromatic carbocycles. The first kappa shape index (κ1) is 14.8. The van der Waals surface area contributed by atoms with Crippen molar-refractivity contribution in [2.45, 2.75) is 13.0 Å². The zero-order valence-electron chi connectivity index (χ0n) is 12.3. The van der Waals surface area contributed by atoms with Crippen LogP contribution in [0.25, 0.3) is 11.0 Å². The highest BCUT2D eigenvalue weighted by atomic mass is 16.6. The van der Waals surface area contributed by atoms with Gasteiger partial charge in [-0.1, -0.05) is 30.3 Å². The summed E-state index contributed by atoms with van der Waals surface area (Å²) < 4.78 is 10.8. The van der Waals surface area contributed by atoms with Gasteiger partial charge in [0.2, 0.25) is 5.76 Å². The predicted octanol–water partition coefficient (Wildman–Crippen LogP) is 4.26. The summed E-state index contributed by atoms with van der Waals surface area (Å²) in [6.45, 7) is 1.65. The van der Waals surface area contributed by atoms with Crippen molar-refractivity contribution >= 4 is 22.6 Å². The number of ether oxygens (including phenoxy) is 1. The molecular weight excluding hydrogens is 298 g/mol. The molecular formula is C17H13NO5. The van der Waals surface area contributed by atoms with Gasteiger partial charge in [-0.2, -0.15) is 0 Å². The number of non-ortho nitro benzene ring substituents is 1. The van der Waals surface area contributed by atoms with E-state index in [2.05, 4.69) is 0 Å². The van der Waals surface area contributed by atoms with E-state index in [1.807, 2.05) is 18.2 Å². The molecule has 1 heterocycles. The zero-order valence-corrected chi connectivity index (χ0v) is 12.3. The highest BCUT2D eigenvalue weighted by molar-refractivity contribution is 5.92. The lowest BCUT2D eigenvalue weighted by Crippen LogP contribution is -2.08. The average molecular weight is 311 g/mol. The lowest BCUT2D eigenvalue weighted by atomic mass is 10.1. The summed E-state index contributed by atoms with van der Waals surface area (Å²) in [6.07, 6.45) is -0.629. The smallest absolute Gasteiger partial charge is 0.374 e. The van der Waals surface area contributed by atoms with E-state index in [4.69, 9.17) is 9.15 Å². The monoisotopic (exact) mass is 311 g/mol. The molecule has 3 aromatic rings. The average Bonchev–Trinajstić information content (AvgIpc) is 2.99. The number of furan rings is 1. The Morgan fingerprint density at radius 3 is 2.70 bits per heavy atom. The molecule has 23 heavy (non-hydrogen) atoms. The minimum Gasteiger partial charge on any atom is -0.452 e. The van der Waals surface area contributed by atoms with E-state index in [1.54, 1.807) is 31.2 Å². The van der Waals surface area contributed by atoms with E-state index in [9.17, 15) is 14.9 Å². The van der Waals surface area contributed by atoms with Gasteiger partial charge >= 0.3 is 5.97 Å². The molecule has 6 nitrogen and oxygen atoms in total. The van der Waals surface area contributed by atoms with Crippen LogP contribution in [-0.4, -0.2) is 10.9 Å². The van der Waals surface area contributed by atoms with E-state index in [1.165, 1.54) is 12.1 Å². The number of nitrogens with zero attached hydrogens (tertiary/aromatic N) is 1. The summed E-state index contributed by atoms with van der Waals surface area (Å²) in [4.78, 5) is 22.5. The summed E-state index contributed by atoms with van der Waals surface area (Å²) >= 11 is 0. The van der Waals surface area contributed by atoms with Crippen LogP contribution < -0.4 is 0 Å². The summed E-state index contributed by atoms with van der Waals surface area (Å²) in [5, 5.41) is 11.6. The van der Waals surface area contributed by atoms with Crippen LogP contribution in [0.5, 0.6) is 0 Å². The van der Waals surface area contributed by atoms with Crippen LogP contribution in [0.3, 0.4) is 0 Å². The molecule has 0 unspecified atom stereocenters. The standard InChI is InChI=1S/C17H13NO5/c1-11(12-6-4-7-14(9-12)18(20)21)22-17(19)16-10-13-5-2-3-8-15(13)23-16/h2-11H,1H3/t11-/m1/s1. The van der Waals surface area contributed by atoms with E-state index in [0.29, 0.717) is 11.1 Å². The molecule has 0 saturated heterocycles. The van der Waals surface area contributed by atoms with Gasteiger partial charge in [-0.05, 0) is 24.6 Å². The van der Waals surface area contributed by atoms with Crippen LogP contribution >= 0.6 is 0 Å². The highest BCUT2D eigenvalue weighted by Gasteiger charge is 2.19. The number of esters is 1. The van der Waals surface area contributed by atoms with Crippen LogP contribution in [0, 0.1) is 10.1 Å². The fraction of sp³-hybridized carbons (Fsp3) is 0.118. The minimum atomic E-state index is -0.629. The Morgan fingerprint density at radius 2 is 1.96 bits per heavy atom. The Kier molecular flexibility index (Phi) is 3.80. The van der Waals surface area contributed by atoms with Crippen LogP contribution in [0.2, 0.25) is 0 Å². The van der Waals surface area contributed by atoms with Crippen molar-refractivity contribution in [3.8, 4) is 0 Å². The molecule has 0 bridgehead atoms. The van der Waals surface area contributed by atoms with Crippen molar-refractivity contribution in [2.24, 2.45) is 0 Å². The van der Waals surface area contributed by atoms with Crippen molar-refractivity contribution in [2.75, 3.05) is 0 Å². The molecule has 6 heteroatoms. The Labute approximate surface area is 131 Å². The minimum absolute atomic E-state index is 0.0471. The number of hydrogen-bond donors (Lipinski definition) is 0. The van der Waals surface area contributed by atoms with E-state index < -0.39 is 17.0 Å². The Hall–Kier alpha value is -3.15. The Balaban J connectivity index is 1.79. The topological polar surface area (TPSA) is 82.6 Å². The number of carbonyl (C=O) groups excluding carboxylic acids is 1. The fourth-order valence-corrected chi connectivity index (χ4v) is 2.26. The number of fused-ring (bicyclic) bond motifs is 1. The van der Waals surface area contributed by atoms with Crippen LogP contribution in [-0.2, 0) is 4.74 Å². The third-order valence-electron chi connectivity index (χ3n) is 3.46. The van der Waals surface area contributed by atoms with Gasteiger partial charge in [0.1, 0.15) is 11.7 Å². The molecule has 1 aromatic heterocycles. The van der Waals surface area contributed by atoms with E-state index >= 15 is 0 Å². The van der Waals surface area contributed by atoms with Gasteiger partial charge in [0.15, 0.2) is 0 Å². The Morgan fingerprint density at radius 1 is 1.17 bits per heavy atom. The van der Waals surface area contributed by atoms with E-state index in [0.717, 1.165) is 5.39 Å². The van der Waals surface area contributed by atoms with Crippen molar-refractivity contribution in [1.29, 1.82) is 0 Å². The van der Waals surface area contributed by atoms with Gasteiger partial charge in [-0.3, -0.25) is 10.1 Å². The number of carbonyl (C=O) groups is 1. The van der Waals surface area contributed by atoms with Crippen molar-refractivity contribution < 1.29 is 18.9 Å². The van der Waals surface area contributed by atoms with Crippen molar-refractivity contribution in [1.82, 2.24) is 0 Å². The molecule has 0 aliphatic rings. The molecule has 0 saturated carbocycles. The molecule has 116 valence electrons. The van der Waals surface area contributed by atoms with Gasteiger partial charge in [0, 0.05) is 17.5 Å². The molecule has 0 fully saturated rings. The molecule has 0 aliphatic carbocycles. The molecule has 0 amide bonds. The SMILES string of the molecule is C[C@@H](OC(=O)c1cc2ccccc2o1)c1cccc([N+](=O)[O-])c1. The maximum absolute atomic E-state index is 12.2. The normalized spacial score (nSPS) is 12.0. The van der Waals surface area contributed by atoms with Gasteiger partial charge in [0.25, 0.3) is 5.69 Å². The molecule has 0 radical (unpaired) electrons. The van der Waals surface area contributed by atoms with Gasteiger partial charge < -0.3 is 9.15 Å². The number of benzene rings is 2. The van der Waals surface area contributed by atoms with Crippen molar-refractivity contribution in [3.63, 3.8) is 0 Å². The molecule has 0 spiro atoms. The predicted molar refractivity (Wildman–Crippen MR) is 83.1 cm³/mol. The summed E-state index contributed by atoms with van der Waals surface area (Å²) in [5.74, 6) is -0.510. The summed E-state index contributed by atoms with van der Waals surface area (Å²) in [5.41, 5.74) is 1.10. The van der Waals surface area contributed by atoms with Crippen LogP contribution in [0.4, 0.5) is 5.69 Å². The zero-order chi connectivity index (χ0) is 16.4. The first-order valence-corrected chi connectivity index (χ1v) is 6.98. The number of nitro benzene ring substituents is 1. The maximum Gasteiger partial charge on any atom is 0.374 e. The third kappa shape index (κ3) is 3.06. The second-order valence-electron chi connectivity index (χ2n) is 5.05. The van der Waals surface area contributed by atoms with Crippen LogP contribution in [0.1, 0.15) is 29.1 Å². The number of hydrogen-bond acceptors (Lipinski definition) is 5. The summed E-state index contributed by atoms with van der Waals surface area (Å²) in [7, 11) is 0. The molecule has 3 rings (SSSR count).